The van der Waals surface area contributed by atoms with Gasteiger partial charge in [-0.25, -0.2) is 0 Å². The number of nitro groups is 1. The normalized spacial score (nSPS) is 11.5. The molecule has 6 heteroatoms. The monoisotopic (exact) mass is 226 g/mol. The van der Waals surface area contributed by atoms with E-state index >= 15 is 0 Å². The summed E-state index contributed by atoms with van der Waals surface area (Å²) in [5, 5.41) is 19.0. The van der Waals surface area contributed by atoms with Gasteiger partial charge in [0.15, 0.2) is 6.10 Å². The lowest BCUT2D eigenvalue weighted by Crippen LogP contribution is -2.08. The standard InChI is InChI=1S/C9H7ClN2O3/c1-6(5-11)15-9-3-2-7(12(13)14)4-8(9)10/h2-4,6H,1H3/t6-/m0/s1. The smallest absolute Gasteiger partial charge is 0.271 e. The third kappa shape index (κ3) is 2.82. The first-order chi connectivity index (χ1) is 7.04. The van der Waals surface area contributed by atoms with Crippen molar-refractivity contribution in [2.75, 3.05) is 0 Å². The van der Waals surface area contributed by atoms with Crippen LogP contribution in [0, 0.1) is 21.4 Å². The highest BCUT2D eigenvalue weighted by molar-refractivity contribution is 6.32. The number of hydrogen-bond donors (Lipinski definition) is 0. The van der Waals surface area contributed by atoms with E-state index in [-0.39, 0.29) is 16.5 Å². The van der Waals surface area contributed by atoms with E-state index in [9.17, 15) is 10.1 Å². The Morgan fingerprint density at radius 1 is 1.67 bits per heavy atom. The molecule has 0 radical (unpaired) electrons. The van der Waals surface area contributed by atoms with Crippen LogP contribution < -0.4 is 4.74 Å². The first-order valence-electron chi connectivity index (χ1n) is 4.05. The van der Waals surface area contributed by atoms with E-state index in [1.165, 1.54) is 18.2 Å². The molecule has 0 spiro atoms. The zero-order chi connectivity index (χ0) is 11.4. The number of hydrogen-bond acceptors (Lipinski definition) is 4. The molecule has 1 aromatic carbocycles. The van der Waals surface area contributed by atoms with Gasteiger partial charge < -0.3 is 4.74 Å². The second-order valence-corrected chi connectivity index (χ2v) is 3.17. The summed E-state index contributed by atoms with van der Waals surface area (Å²) >= 11 is 5.74. The maximum absolute atomic E-state index is 10.4. The van der Waals surface area contributed by atoms with Gasteiger partial charge in [-0.2, -0.15) is 5.26 Å². The maximum Gasteiger partial charge on any atom is 0.271 e. The first-order valence-corrected chi connectivity index (χ1v) is 4.42. The molecule has 0 aliphatic rings. The lowest BCUT2D eigenvalue weighted by Gasteiger charge is -2.08. The van der Waals surface area contributed by atoms with Crippen LogP contribution in [0.15, 0.2) is 18.2 Å². The van der Waals surface area contributed by atoms with Crippen molar-refractivity contribution in [1.82, 2.24) is 0 Å². The van der Waals surface area contributed by atoms with Crippen LogP contribution in [-0.4, -0.2) is 11.0 Å². The molecule has 1 rings (SSSR count). The number of nitrogens with zero attached hydrogens (tertiary/aromatic N) is 2. The van der Waals surface area contributed by atoms with Crippen molar-refractivity contribution in [1.29, 1.82) is 5.26 Å². The van der Waals surface area contributed by atoms with Crippen LogP contribution in [0.3, 0.4) is 0 Å². The lowest BCUT2D eigenvalue weighted by atomic mass is 10.3. The fourth-order valence-electron chi connectivity index (χ4n) is 0.916. The summed E-state index contributed by atoms with van der Waals surface area (Å²) in [6.45, 7) is 1.55. The van der Waals surface area contributed by atoms with Crippen molar-refractivity contribution in [2.45, 2.75) is 13.0 Å². The van der Waals surface area contributed by atoms with E-state index in [2.05, 4.69) is 0 Å². The second kappa shape index (κ2) is 4.62. The average Bonchev–Trinajstić information content (AvgIpc) is 2.20. The summed E-state index contributed by atoms with van der Waals surface area (Å²) < 4.78 is 5.11. The Kier molecular flexibility index (Phi) is 3.47. The molecule has 0 aliphatic heterocycles. The largest absolute Gasteiger partial charge is 0.474 e. The van der Waals surface area contributed by atoms with Crippen molar-refractivity contribution in [3.05, 3.63) is 33.3 Å². The Morgan fingerprint density at radius 2 is 2.33 bits per heavy atom. The zero-order valence-electron chi connectivity index (χ0n) is 7.81. The van der Waals surface area contributed by atoms with Crippen LogP contribution in [0.4, 0.5) is 5.69 Å². The lowest BCUT2D eigenvalue weighted by molar-refractivity contribution is -0.384. The maximum atomic E-state index is 10.4. The molecular weight excluding hydrogens is 220 g/mol. The molecule has 0 heterocycles. The van der Waals surface area contributed by atoms with E-state index in [0.29, 0.717) is 0 Å². The number of nitriles is 1. The molecule has 0 saturated heterocycles. The van der Waals surface area contributed by atoms with Gasteiger partial charge in [-0.05, 0) is 13.0 Å². The highest BCUT2D eigenvalue weighted by atomic mass is 35.5. The highest BCUT2D eigenvalue weighted by Gasteiger charge is 2.11. The number of nitro benzene ring substituents is 1. The molecule has 1 atom stereocenters. The summed E-state index contributed by atoms with van der Waals surface area (Å²) in [4.78, 5) is 9.84. The average molecular weight is 227 g/mol. The van der Waals surface area contributed by atoms with Gasteiger partial charge in [0.05, 0.1) is 9.95 Å². The number of rotatable bonds is 3. The van der Waals surface area contributed by atoms with Crippen LogP contribution in [0.1, 0.15) is 6.92 Å². The van der Waals surface area contributed by atoms with E-state index in [1.54, 1.807) is 6.92 Å². The minimum atomic E-state index is -0.649. The fourth-order valence-corrected chi connectivity index (χ4v) is 1.14. The van der Waals surface area contributed by atoms with Gasteiger partial charge in [0.25, 0.3) is 5.69 Å². The summed E-state index contributed by atoms with van der Waals surface area (Å²) in [5.74, 6) is 0.260. The zero-order valence-corrected chi connectivity index (χ0v) is 8.56. The predicted molar refractivity (Wildman–Crippen MR) is 53.8 cm³/mol. The second-order valence-electron chi connectivity index (χ2n) is 2.76. The number of ether oxygens (including phenoxy) is 1. The van der Waals surface area contributed by atoms with Crippen LogP contribution in [0.5, 0.6) is 5.75 Å². The minimum absolute atomic E-state index is 0.114. The molecular formula is C9H7ClN2O3. The molecule has 1 aromatic rings. The molecule has 0 aromatic heterocycles. The van der Waals surface area contributed by atoms with E-state index in [0.717, 1.165) is 0 Å². The molecule has 0 unspecified atom stereocenters. The molecule has 15 heavy (non-hydrogen) atoms. The Balaban J connectivity index is 2.94. The summed E-state index contributed by atoms with van der Waals surface area (Å²) in [6, 6.07) is 5.68. The van der Waals surface area contributed by atoms with Crippen LogP contribution in [0.2, 0.25) is 5.02 Å². The van der Waals surface area contributed by atoms with Gasteiger partial charge in [0.1, 0.15) is 11.8 Å². The fraction of sp³-hybridized carbons (Fsp3) is 0.222. The molecule has 0 bridgehead atoms. The molecule has 0 amide bonds. The van der Waals surface area contributed by atoms with Gasteiger partial charge >= 0.3 is 0 Å². The Morgan fingerprint density at radius 3 is 2.80 bits per heavy atom. The van der Waals surface area contributed by atoms with Gasteiger partial charge in [-0.1, -0.05) is 11.6 Å². The van der Waals surface area contributed by atoms with Crippen molar-refractivity contribution in [2.24, 2.45) is 0 Å². The topological polar surface area (TPSA) is 76.2 Å². The van der Waals surface area contributed by atoms with Crippen LogP contribution in [0.25, 0.3) is 0 Å². The quantitative estimate of drug-likeness (QED) is 0.586. The van der Waals surface area contributed by atoms with Crippen molar-refractivity contribution >= 4 is 17.3 Å². The third-order valence-electron chi connectivity index (χ3n) is 1.61. The third-order valence-corrected chi connectivity index (χ3v) is 1.91. The number of halogens is 1. The van der Waals surface area contributed by atoms with Gasteiger partial charge in [-0.15, -0.1) is 0 Å². The molecule has 0 N–H and O–H groups in total. The van der Waals surface area contributed by atoms with E-state index in [4.69, 9.17) is 21.6 Å². The molecule has 0 saturated carbocycles. The first kappa shape index (κ1) is 11.3. The van der Waals surface area contributed by atoms with Crippen molar-refractivity contribution < 1.29 is 9.66 Å². The summed E-state index contributed by atoms with van der Waals surface area (Å²) in [6.07, 6.45) is -0.649. The summed E-state index contributed by atoms with van der Waals surface area (Å²) in [5.41, 5.74) is -0.114. The minimum Gasteiger partial charge on any atom is -0.474 e. The van der Waals surface area contributed by atoms with Gasteiger partial charge in [-0.3, -0.25) is 10.1 Å². The number of benzene rings is 1. The number of non-ortho nitro benzene ring substituents is 1. The van der Waals surface area contributed by atoms with E-state index < -0.39 is 11.0 Å². The van der Waals surface area contributed by atoms with Crippen molar-refractivity contribution in [3.63, 3.8) is 0 Å². The Hall–Kier alpha value is -1.80. The highest BCUT2D eigenvalue weighted by Crippen LogP contribution is 2.29. The Bertz CT molecular complexity index is 428. The van der Waals surface area contributed by atoms with Crippen LogP contribution in [-0.2, 0) is 0 Å². The molecule has 0 aliphatic carbocycles. The van der Waals surface area contributed by atoms with E-state index in [1.807, 2.05) is 6.07 Å². The Labute approximate surface area is 91.0 Å². The van der Waals surface area contributed by atoms with Gasteiger partial charge in [0.2, 0.25) is 0 Å². The molecule has 0 fully saturated rings. The SMILES string of the molecule is C[C@@H](C#N)Oc1ccc([N+](=O)[O-])cc1Cl. The summed E-state index contributed by atoms with van der Waals surface area (Å²) in [7, 11) is 0. The van der Waals surface area contributed by atoms with Crippen LogP contribution >= 0.6 is 11.6 Å². The molecule has 5 nitrogen and oxygen atoms in total. The predicted octanol–water partition coefficient (Wildman–Crippen LogP) is 2.54. The molecule has 78 valence electrons. The van der Waals surface area contributed by atoms with Crippen molar-refractivity contribution in [3.8, 4) is 11.8 Å². The van der Waals surface area contributed by atoms with Gasteiger partial charge in [0, 0.05) is 12.1 Å².